The van der Waals surface area contributed by atoms with Crippen molar-refractivity contribution in [3.63, 3.8) is 0 Å². The maximum atomic E-state index is 2.20. The zero-order chi connectivity index (χ0) is 12.9. The highest BCUT2D eigenvalue weighted by Crippen LogP contribution is 2.31. The summed E-state index contributed by atoms with van der Waals surface area (Å²) in [6.45, 7) is 0. The van der Waals surface area contributed by atoms with Gasteiger partial charge in [0.2, 0.25) is 0 Å². The minimum absolute atomic E-state index is 0. The van der Waals surface area contributed by atoms with Gasteiger partial charge in [-0.25, -0.2) is 0 Å². The van der Waals surface area contributed by atoms with Crippen molar-refractivity contribution < 1.29 is 12.4 Å². The summed E-state index contributed by atoms with van der Waals surface area (Å²) in [5.41, 5.74) is 4.00. The van der Waals surface area contributed by atoms with Crippen molar-refractivity contribution in [2.45, 2.75) is 5.92 Å². The van der Waals surface area contributed by atoms with Crippen molar-refractivity contribution in [2.24, 2.45) is 0 Å². The quantitative estimate of drug-likeness (QED) is 0.642. The molecule has 0 aliphatic carbocycles. The second-order valence-corrected chi connectivity index (χ2v) is 4.67. The SMILES string of the molecule is [Cl-].c1ccc(C(c2ccccc2)c2ccccc2)cc1. The summed E-state index contributed by atoms with van der Waals surface area (Å²) in [7, 11) is 0. The molecule has 3 rings (SSSR count). The maximum absolute atomic E-state index is 2.20. The van der Waals surface area contributed by atoms with Crippen molar-refractivity contribution in [3.8, 4) is 0 Å². The molecule has 0 saturated carbocycles. The van der Waals surface area contributed by atoms with E-state index < -0.39 is 0 Å². The van der Waals surface area contributed by atoms with Crippen LogP contribution in [0.5, 0.6) is 0 Å². The van der Waals surface area contributed by atoms with E-state index in [1.165, 1.54) is 16.7 Å². The van der Waals surface area contributed by atoms with Gasteiger partial charge < -0.3 is 12.4 Å². The summed E-state index contributed by atoms with van der Waals surface area (Å²) < 4.78 is 0. The van der Waals surface area contributed by atoms with Crippen LogP contribution in [-0.4, -0.2) is 0 Å². The standard InChI is InChI=1S/C19H16.ClH/c1-4-10-16(11-5-1)19(17-12-6-2-7-13-17)18-14-8-3-9-15-18;/h1-15,19H;1H/p-1. The van der Waals surface area contributed by atoms with Crippen molar-refractivity contribution in [1.29, 1.82) is 0 Å². The van der Waals surface area contributed by atoms with Crippen LogP contribution in [0.15, 0.2) is 91.0 Å². The zero-order valence-electron chi connectivity index (χ0n) is 11.1. The highest BCUT2D eigenvalue weighted by atomic mass is 35.5. The largest absolute Gasteiger partial charge is 1.00 e. The number of hydrogen-bond donors (Lipinski definition) is 0. The van der Waals surface area contributed by atoms with Gasteiger partial charge >= 0.3 is 0 Å². The Hall–Kier alpha value is -2.05. The van der Waals surface area contributed by atoms with Gasteiger partial charge in [-0.3, -0.25) is 0 Å². The van der Waals surface area contributed by atoms with Crippen LogP contribution in [0, 0.1) is 0 Å². The summed E-state index contributed by atoms with van der Waals surface area (Å²) >= 11 is 0. The molecule has 0 bridgehead atoms. The molecule has 0 aliphatic rings. The highest BCUT2D eigenvalue weighted by molar-refractivity contribution is 5.42. The lowest BCUT2D eigenvalue weighted by atomic mass is 9.85. The van der Waals surface area contributed by atoms with Crippen molar-refractivity contribution in [1.82, 2.24) is 0 Å². The molecule has 0 heterocycles. The molecule has 0 saturated heterocycles. The second kappa shape index (κ2) is 6.93. The van der Waals surface area contributed by atoms with Gasteiger partial charge in [0.05, 0.1) is 0 Å². The smallest absolute Gasteiger partial charge is 0.0339 e. The second-order valence-electron chi connectivity index (χ2n) is 4.67. The Labute approximate surface area is 126 Å². The van der Waals surface area contributed by atoms with Gasteiger partial charge in [-0.1, -0.05) is 91.0 Å². The van der Waals surface area contributed by atoms with Crippen LogP contribution >= 0.6 is 0 Å². The Kier molecular flexibility index (Phi) is 4.97. The van der Waals surface area contributed by atoms with E-state index in [4.69, 9.17) is 0 Å². The van der Waals surface area contributed by atoms with Crippen LogP contribution in [0.25, 0.3) is 0 Å². The van der Waals surface area contributed by atoms with Crippen molar-refractivity contribution >= 4 is 0 Å². The molecule has 0 amide bonds. The summed E-state index contributed by atoms with van der Waals surface area (Å²) in [5, 5.41) is 0. The molecule has 100 valence electrons. The lowest BCUT2D eigenvalue weighted by Crippen LogP contribution is -3.00. The van der Waals surface area contributed by atoms with Gasteiger partial charge in [0, 0.05) is 5.92 Å². The molecular formula is C19H16Cl-. The van der Waals surface area contributed by atoms with Crippen LogP contribution in [0.3, 0.4) is 0 Å². The fraction of sp³-hybridized carbons (Fsp3) is 0.0526. The van der Waals surface area contributed by atoms with E-state index >= 15 is 0 Å². The Morgan fingerprint density at radius 3 is 0.900 bits per heavy atom. The summed E-state index contributed by atoms with van der Waals surface area (Å²) in [6, 6.07) is 32.0. The van der Waals surface area contributed by atoms with E-state index in [-0.39, 0.29) is 12.4 Å². The maximum Gasteiger partial charge on any atom is 0.0339 e. The van der Waals surface area contributed by atoms with Crippen molar-refractivity contribution in [2.75, 3.05) is 0 Å². The predicted molar refractivity (Wildman–Crippen MR) is 80.3 cm³/mol. The van der Waals surface area contributed by atoms with E-state index in [0.29, 0.717) is 5.92 Å². The van der Waals surface area contributed by atoms with Gasteiger partial charge in [0.15, 0.2) is 0 Å². The molecule has 0 aromatic heterocycles. The zero-order valence-corrected chi connectivity index (χ0v) is 11.9. The molecule has 0 atom stereocenters. The van der Waals surface area contributed by atoms with Crippen LogP contribution < -0.4 is 12.4 Å². The predicted octanol–water partition coefficient (Wildman–Crippen LogP) is 1.87. The molecule has 0 fully saturated rings. The summed E-state index contributed by atoms with van der Waals surface area (Å²) in [6.07, 6.45) is 0. The number of rotatable bonds is 3. The number of halogens is 1. The third-order valence-corrected chi connectivity index (χ3v) is 3.40. The van der Waals surface area contributed by atoms with Gasteiger partial charge in [0.25, 0.3) is 0 Å². The Balaban J connectivity index is 0.00000147. The summed E-state index contributed by atoms with van der Waals surface area (Å²) in [4.78, 5) is 0. The first-order valence-electron chi connectivity index (χ1n) is 6.60. The molecule has 0 aliphatic heterocycles. The first-order valence-corrected chi connectivity index (χ1v) is 6.60. The van der Waals surface area contributed by atoms with Gasteiger partial charge in [-0.15, -0.1) is 0 Å². The van der Waals surface area contributed by atoms with Crippen LogP contribution in [0.4, 0.5) is 0 Å². The van der Waals surface area contributed by atoms with Gasteiger partial charge in [0.1, 0.15) is 0 Å². The Morgan fingerprint density at radius 1 is 0.400 bits per heavy atom. The minimum Gasteiger partial charge on any atom is -1.00 e. The topological polar surface area (TPSA) is 0 Å². The van der Waals surface area contributed by atoms with E-state index in [2.05, 4.69) is 91.0 Å². The average Bonchev–Trinajstić information content (AvgIpc) is 2.51. The molecule has 0 radical (unpaired) electrons. The van der Waals surface area contributed by atoms with E-state index in [1.54, 1.807) is 0 Å². The molecule has 0 N–H and O–H groups in total. The molecule has 3 aromatic rings. The molecule has 3 aromatic carbocycles. The van der Waals surface area contributed by atoms with Crippen LogP contribution in [-0.2, 0) is 0 Å². The monoisotopic (exact) mass is 279 g/mol. The van der Waals surface area contributed by atoms with Gasteiger partial charge in [-0.05, 0) is 16.7 Å². The fourth-order valence-electron chi connectivity index (χ4n) is 2.51. The van der Waals surface area contributed by atoms with E-state index in [1.807, 2.05) is 0 Å². The lowest BCUT2D eigenvalue weighted by molar-refractivity contribution is -0.00000370. The fourth-order valence-corrected chi connectivity index (χ4v) is 2.51. The average molecular weight is 280 g/mol. The summed E-state index contributed by atoms with van der Waals surface area (Å²) in [5.74, 6) is 0.309. The Morgan fingerprint density at radius 2 is 0.650 bits per heavy atom. The molecule has 20 heavy (non-hydrogen) atoms. The van der Waals surface area contributed by atoms with Gasteiger partial charge in [-0.2, -0.15) is 0 Å². The molecule has 1 heteroatoms. The van der Waals surface area contributed by atoms with Crippen molar-refractivity contribution in [3.05, 3.63) is 108 Å². The molecule has 0 unspecified atom stereocenters. The normalized spacial score (nSPS) is 10.1. The van der Waals surface area contributed by atoms with Crippen LogP contribution in [0.2, 0.25) is 0 Å². The van der Waals surface area contributed by atoms with E-state index in [0.717, 1.165) is 0 Å². The molecule has 0 nitrogen and oxygen atoms in total. The molecular weight excluding hydrogens is 264 g/mol. The molecule has 0 spiro atoms. The highest BCUT2D eigenvalue weighted by Gasteiger charge is 2.15. The third kappa shape index (κ3) is 3.09. The first-order chi connectivity index (χ1) is 9.45. The Bertz CT molecular complexity index is 524. The van der Waals surface area contributed by atoms with Crippen LogP contribution in [0.1, 0.15) is 22.6 Å². The lowest BCUT2D eigenvalue weighted by Gasteiger charge is -2.18. The number of hydrogen-bond acceptors (Lipinski definition) is 0. The third-order valence-electron chi connectivity index (χ3n) is 3.40. The van der Waals surface area contributed by atoms with E-state index in [9.17, 15) is 0 Å². The number of benzene rings is 3. The minimum atomic E-state index is 0. The first kappa shape index (κ1) is 14.4.